The molecule has 0 aliphatic carbocycles. The van der Waals surface area contributed by atoms with Gasteiger partial charge in [0.15, 0.2) is 5.76 Å². The van der Waals surface area contributed by atoms with Crippen molar-refractivity contribution in [2.75, 3.05) is 0 Å². The first-order valence-corrected chi connectivity index (χ1v) is 10.9. The summed E-state index contributed by atoms with van der Waals surface area (Å²) in [7, 11) is 0. The molecule has 166 valence electrons. The fourth-order valence-corrected chi connectivity index (χ4v) is 4.27. The Bertz CT molecular complexity index is 1250. The maximum absolute atomic E-state index is 13.3. The molecule has 1 N–H and O–H groups in total. The standard InChI is InChI=1S/C26H24N4O3/c31-25(27-16-20-8-2-4-9-21(20)17-29-13-6-12-28-29)23-15-19-7-1-3-10-22(19)18-30(23)26(32)24-11-5-14-33-24/h1-14,23H,15-18H2,(H,27,31). The fourth-order valence-electron chi connectivity index (χ4n) is 4.27. The van der Waals surface area contributed by atoms with Crippen LogP contribution in [0.2, 0.25) is 0 Å². The summed E-state index contributed by atoms with van der Waals surface area (Å²) in [6.07, 6.45) is 5.59. The number of nitrogens with one attached hydrogen (secondary N) is 1. The van der Waals surface area contributed by atoms with Crippen LogP contribution in [-0.4, -0.2) is 32.5 Å². The first kappa shape index (κ1) is 20.8. The van der Waals surface area contributed by atoms with Crippen molar-refractivity contribution in [1.82, 2.24) is 20.0 Å². The second-order valence-corrected chi connectivity index (χ2v) is 8.09. The van der Waals surface area contributed by atoms with Gasteiger partial charge in [-0.2, -0.15) is 5.10 Å². The summed E-state index contributed by atoms with van der Waals surface area (Å²) in [4.78, 5) is 28.1. The summed E-state index contributed by atoms with van der Waals surface area (Å²) in [6, 6.07) is 20.5. The van der Waals surface area contributed by atoms with E-state index >= 15 is 0 Å². The van der Waals surface area contributed by atoms with Gasteiger partial charge in [0.25, 0.3) is 5.91 Å². The van der Waals surface area contributed by atoms with E-state index in [2.05, 4.69) is 10.4 Å². The molecule has 5 rings (SSSR count). The molecular formula is C26H24N4O3. The summed E-state index contributed by atoms with van der Waals surface area (Å²) in [5.41, 5.74) is 4.23. The molecule has 0 bridgehead atoms. The number of furan rings is 1. The van der Waals surface area contributed by atoms with Crippen molar-refractivity contribution in [3.8, 4) is 0 Å². The van der Waals surface area contributed by atoms with Gasteiger partial charge >= 0.3 is 0 Å². The lowest BCUT2D eigenvalue weighted by Crippen LogP contribution is -2.52. The van der Waals surface area contributed by atoms with E-state index in [9.17, 15) is 9.59 Å². The lowest BCUT2D eigenvalue weighted by atomic mass is 9.93. The maximum atomic E-state index is 13.3. The third-order valence-corrected chi connectivity index (χ3v) is 6.01. The molecule has 3 heterocycles. The Balaban J connectivity index is 1.35. The lowest BCUT2D eigenvalue weighted by Gasteiger charge is -2.35. The van der Waals surface area contributed by atoms with E-state index in [-0.39, 0.29) is 17.6 Å². The fraction of sp³-hybridized carbons (Fsp3) is 0.192. The van der Waals surface area contributed by atoms with Gasteiger partial charge in [-0.25, -0.2) is 0 Å². The van der Waals surface area contributed by atoms with Crippen LogP contribution in [-0.2, 0) is 30.8 Å². The monoisotopic (exact) mass is 440 g/mol. The van der Waals surface area contributed by atoms with Gasteiger partial charge in [0.1, 0.15) is 6.04 Å². The number of hydrogen-bond donors (Lipinski definition) is 1. The van der Waals surface area contributed by atoms with E-state index in [4.69, 9.17) is 4.42 Å². The van der Waals surface area contributed by atoms with E-state index in [0.29, 0.717) is 26.1 Å². The van der Waals surface area contributed by atoms with Crippen LogP contribution in [0.5, 0.6) is 0 Å². The van der Waals surface area contributed by atoms with Gasteiger partial charge in [-0.15, -0.1) is 0 Å². The number of benzene rings is 2. The molecule has 7 nitrogen and oxygen atoms in total. The number of carbonyl (C=O) groups is 2. The number of fused-ring (bicyclic) bond motifs is 1. The van der Waals surface area contributed by atoms with Crippen molar-refractivity contribution in [3.63, 3.8) is 0 Å². The summed E-state index contributed by atoms with van der Waals surface area (Å²) < 4.78 is 7.18. The molecule has 1 unspecified atom stereocenters. The normalized spacial score (nSPS) is 15.2. The number of rotatable bonds is 6. The smallest absolute Gasteiger partial charge is 0.290 e. The minimum Gasteiger partial charge on any atom is -0.459 e. The summed E-state index contributed by atoms with van der Waals surface area (Å²) >= 11 is 0. The average Bonchev–Trinajstić information content (AvgIpc) is 3.57. The molecule has 2 amide bonds. The van der Waals surface area contributed by atoms with Gasteiger partial charge in [-0.3, -0.25) is 14.3 Å². The zero-order valence-electron chi connectivity index (χ0n) is 18.1. The minimum atomic E-state index is -0.615. The predicted octanol–water partition coefficient (Wildman–Crippen LogP) is 3.41. The van der Waals surface area contributed by atoms with E-state index in [1.807, 2.05) is 65.5 Å². The van der Waals surface area contributed by atoms with E-state index in [1.54, 1.807) is 23.2 Å². The van der Waals surface area contributed by atoms with Gasteiger partial charge in [-0.05, 0) is 40.5 Å². The Labute approximate surface area is 191 Å². The largest absolute Gasteiger partial charge is 0.459 e. The summed E-state index contributed by atoms with van der Waals surface area (Å²) in [5, 5.41) is 7.33. The molecule has 1 aliphatic rings. The number of amides is 2. The maximum Gasteiger partial charge on any atom is 0.290 e. The minimum absolute atomic E-state index is 0.182. The highest BCUT2D eigenvalue weighted by Gasteiger charge is 2.35. The number of hydrogen-bond acceptors (Lipinski definition) is 4. The summed E-state index contributed by atoms with van der Waals surface area (Å²) in [6.45, 7) is 1.36. The Morgan fingerprint density at radius 3 is 2.52 bits per heavy atom. The van der Waals surface area contributed by atoms with E-state index < -0.39 is 6.04 Å². The van der Waals surface area contributed by atoms with Crippen LogP contribution in [0, 0.1) is 0 Å². The van der Waals surface area contributed by atoms with Crippen molar-refractivity contribution in [2.45, 2.75) is 32.1 Å². The van der Waals surface area contributed by atoms with Crippen LogP contribution < -0.4 is 5.32 Å². The SMILES string of the molecule is O=C(NCc1ccccc1Cn1cccn1)C1Cc2ccccc2CN1C(=O)c1ccco1. The van der Waals surface area contributed by atoms with Crippen LogP contribution in [0.3, 0.4) is 0 Å². The molecular weight excluding hydrogens is 416 g/mol. The molecule has 2 aromatic carbocycles. The zero-order valence-corrected chi connectivity index (χ0v) is 18.1. The number of aromatic nitrogens is 2. The molecule has 0 radical (unpaired) electrons. The van der Waals surface area contributed by atoms with Crippen LogP contribution in [0.15, 0.2) is 89.8 Å². The number of nitrogens with zero attached hydrogens (tertiary/aromatic N) is 3. The zero-order chi connectivity index (χ0) is 22.6. The van der Waals surface area contributed by atoms with E-state index in [0.717, 1.165) is 22.3 Å². The van der Waals surface area contributed by atoms with Gasteiger partial charge in [0.05, 0.1) is 12.8 Å². The van der Waals surface area contributed by atoms with Gasteiger partial charge < -0.3 is 14.6 Å². The molecule has 4 aromatic rings. The first-order chi connectivity index (χ1) is 16.2. The Kier molecular flexibility index (Phi) is 5.76. The van der Waals surface area contributed by atoms with Crippen LogP contribution in [0.25, 0.3) is 0 Å². The van der Waals surface area contributed by atoms with Crippen LogP contribution >= 0.6 is 0 Å². The van der Waals surface area contributed by atoms with Crippen molar-refractivity contribution in [1.29, 1.82) is 0 Å². The Morgan fingerprint density at radius 2 is 1.76 bits per heavy atom. The Hall–Kier alpha value is -4.13. The van der Waals surface area contributed by atoms with Crippen molar-refractivity contribution < 1.29 is 14.0 Å². The third-order valence-electron chi connectivity index (χ3n) is 6.01. The van der Waals surface area contributed by atoms with Gasteiger partial charge in [0, 0.05) is 31.9 Å². The highest BCUT2D eigenvalue weighted by Crippen LogP contribution is 2.25. The molecule has 1 aliphatic heterocycles. The van der Waals surface area contributed by atoms with Crippen LogP contribution in [0.1, 0.15) is 32.8 Å². The van der Waals surface area contributed by atoms with Crippen molar-refractivity contribution in [3.05, 3.63) is 113 Å². The second-order valence-electron chi connectivity index (χ2n) is 8.09. The molecule has 2 aromatic heterocycles. The molecule has 0 fully saturated rings. The lowest BCUT2D eigenvalue weighted by molar-refractivity contribution is -0.126. The predicted molar refractivity (Wildman–Crippen MR) is 122 cm³/mol. The first-order valence-electron chi connectivity index (χ1n) is 10.9. The topological polar surface area (TPSA) is 80.4 Å². The van der Waals surface area contributed by atoms with Gasteiger partial charge in [-0.1, -0.05) is 48.5 Å². The molecule has 7 heteroatoms. The highest BCUT2D eigenvalue weighted by atomic mass is 16.3. The average molecular weight is 441 g/mol. The molecule has 0 saturated carbocycles. The van der Waals surface area contributed by atoms with Gasteiger partial charge in [0.2, 0.25) is 5.91 Å². The third kappa shape index (κ3) is 4.43. The highest BCUT2D eigenvalue weighted by molar-refractivity contribution is 5.96. The Morgan fingerprint density at radius 1 is 0.970 bits per heavy atom. The number of carbonyl (C=O) groups excluding carboxylic acids is 2. The molecule has 1 atom stereocenters. The van der Waals surface area contributed by atoms with Crippen LogP contribution in [0.4, 0.5) is 0 Å². The van der Waals surface area contributed by atoms with Crippen molar-refractivity contribution >= 4 is 11.8 Å². The molecule has 0 spiro atoms. The molecule has 33 heavy (non-hydrogen) atoms. The van der Waals surface area contributed by atoms with E-state index in [1.165, 1.54) is 6.26 Å². The van der Waals surface area contributed by atoms with Crippen molar-refractivity contribution in [2.24, 2.45) is 0 Å². The second kappa shape index (κ2) is 9.16. The summed E-state index contributed by atoms with van der Waals surface area (Å²) in [5.74, 6) is -0.233. The molecule has 0 saturated heterocycles. The quantitative estimate of drug-likeness (QED) is 0.498.